The van der Waals surface area contributed by atoms with E-state index in [2.05, 4.69) is 19.2 Å². The van der Waals surface area contributed by atoms with E-state index >= 15 is 0 Å². The van der Waals surface area contributed by atoms with E-state index in [4.69, 9.17) is 17.3 Å². The van der Waals surface area contributed by atoms with Crippen LogP contribution >= 0.6 is 23.4 Å². The molecule has 0 saturated carbocycles. The smallest absolute Gasteiger partial charge is 0.233 e. The highest BCUT2D eigenvalue weighted by Gasteiger charge is 2.14. The maximum atomic E-state index is 11.9. The molecule has 1 aromatic carbocycles. The number of hydrogen-bond donors (Lipinski definition) is 2. The molecule has 1 aromatic rings. The van der Waals surface area contributed by atoms with E-state index in [-0.39, 0.29) is 11.2 Å². The van der Waals surface area contributed by atoms with E-state index in [1.807, 2.05) is 13.0 Å². The van der Waals surface area contributed by atoms with Crippen molar-refractivity contribution in [1.29, 1.82) is 0 Å². The zero-order valence-corrected chi connectivity index (χ0v) is 13.1. The summed E-state index contributed by atoms with van der Waals surface area (Å²) in [5.41, 5.74) is 6.21. The Labute approximate surface area is 124 Å². The molecule has 1 rings (SSSR count). The van der Waals surface area contributed by atoms with Crippen LogP contribution in [0.5, 0.6) is 0 Å². The lowest BCUT2D eigenvalue weighted by Gasteiger charge is -2.13. The van der Waals surface area contributed by atoms with E-state index in [1.165, 1.54) is 11.8 Å². The molecule has 0 radical (unpaired) electrons. The van der Waals surface area contributed by atoms with Gasteiger partial charge in [0.2, 0.25) is 5.91 Å². The minimum atomic E-state index is -0.146. The van der Waals surface area contributed by atoms with Crippen molar-refractivity contribution < 1.29 is 4.79 Å². The fourth-order valence-corrected chi connectivity index (χ4v) is 2.64. The SMILES string of the molecule is CC(C)CCNC(=O)C(C)Sc1ccc(N)c(Cl)c1. The monoisotopic (exact) mass is 300 g/mol. The number of carbonyl (C=O) groups is 1. The minimum absolute atomic E-state index is 0.0543. The molecular weight excluding hydrogens is 280 g/mol. The summed E-state index contributed by atoms with van der Waals surface area (Å²) in [4.78, 5) is 12.8. The van der Waals surface area contributed by atoms with Gasteiger partial charge in [0.05, 0.1) is 16.0 Å². The van der Waals surface area contributed by atoms with Crippen LogP contribution in [0, 0.1) is 5.92 Å². The van der Waals surface area contributed by atoms with E-state index < -0.39 is 0 Å². The summed E-state index contributed by atoms with van der Waals surface area (Å²) in [7, 11) is 0. The number of nitrogen functional groups attached to an aromatic ring is 1. The average Bonchev–Trinajstić information content (AvgIpc) is 2.33. The van der Waals surface area contributed by atoms with Crippen molar-refractivity contribution in [3.63, 3.8) is 0 Å². The number of rotatable bonds is 6. The van der Waals surface area contributed by atoms with E-state index in [1.54, 1.807) is 12.1 Å². The Bertz CT molecular complexity index is 437. The first-order chi connectivity index (χ1) is 8.90. The number of nitrogens with two attached hydrogens (primary N) is 1. The molecule has 5 heteroatoms. The Hall–Kier alpha value is -0.870. The highest BCUT2D eigenvalue weighted by atomic mass is 35.5. The molecule has 1 atom stereocenters. The first-order valence-corrected chi connectivity index (χ1v) is 7.65. The third-order valence-electron chi connectivity index (χ3n) is 2.67. The molecule has 0 spiro atoms. The quantitative estimate of drug-likeness (QED) is 0.624. The third-order valence-corrected chi connectivity index (χ3v) is 4.10. The van der Waals surface area contributed by atoms with Gasteiger partial charge in [0.1, 0.15) is 0 Å². The predicted octanol–water partition coefficient (Wildman–Crippen LogP) is 3.57. The summed E-state index contributed by atoms with van der Waals surface area (Å²) in [6, 6.07) is 5.43. The van der Waals surface area contributed by atoms with Crippen LogP contribution in [0.1, 0.15) is 27.2 Å². The summed E-state index contributed by atoms with van der Waals surface area (Å²) < 4.78 is 0. The van der Waals surface area contributed by atoms with Crippen molar-refractivity contribution in [2.75, 3.05) is 12.3 Å². The van der Waals surface area contributed by atoms with Crippen LogP contribution in [0.4, 0.5) is 5.69 Å². The van der Waals surface area contributed by atoms with Crippen molar-refractivity contribution in [3.05, 3.63) is 23.2 Å². The molecular formula is C14H21ClN2OS. The Morgan fingerprint density at radius 1 is 1.42 bits per heavy atom. The second-order valence-corrected chi connectivity index (χ2v) is 6.74. The largest absolute Gasteiger partial charge is 0.398 e. The van der Waals surface area contributed by atoms with E-state index in [9.17, 15) is 4.79 Å². The van der Waals surface area contributed by atoms with Crippen LogP contribution in [-0.4, -0.2) is 17.7 Å². The molecule has 0 saturated heterocycles. The average molecular weight is 301 g/mol. The van der Waals surface area contributed by atoms with Crippen LogP contribution in [0.3, 0.4) is 0 Å². The number of hydrogen-bond acceptors (Lipinski definition) is 3. The van der Waals surface area contributed by atoms with Crippen LogP contribution in [-0.2, 0) is 4.79 Å². The zero-order chi connectivity index (χ0) is 14.4. The Morgan fingerprint density at radius 3 is 2.68 bits per heavy atom. The van der Waals surface area contributed by atoms with E-state index in [0.717, 1.165) is 17.9 Å². The fraction of sp³-hybridized carbons (Fsp3) is 0.500. The topological polar surface area (TPSA) is 55.1 Å². The molecule has 1 unspecified atom stereocenters. The van der Waals surface area contributed by atoms with Gasteiger partial charge in [0, 0.05) is 11.4 Å². The zero-order valence-electron chi connectivity index (χ0n) is 11.6. The van der Waals surface area contributed by atoms with Gasteiger partial charge in [-0.15, -0.1) is 11.8 Å². The van der Waals surface area contributed by atoms with Gasteiger partial charge in [0.25, 0.3) is 0 Å². The maximum Gasteiger partial charge on any atom is 0.233 e. The normalized spacial score (nSPS) is 12.5. The van der Waals surface area contributed by atoms with Crippen LogP contribution in [0.2, 0.25) is 5.02 Å². The van der Waals surface area contributed by atoms with Gasteiger partial charge >= 0.3 is 0 Å². The Balaban J connectivity index is 2.47. The number of halogens is 1. The molecule has 3 N–H and O–H groups in total. The summed E-state index contributed by atoms with van der Waals surface area (Å²) in [5, 5.41) is 3.32. The standard InChI is InChI=1S/C14H21ClN2OS/c1-9(2)6-7-17-14(18)10(3)19-11-4-5-13(16)12(15)8-11/h4-5,8-10H,6-7,16H2,1-3H3,(H,17,18). The molecule has 19 heavy (non-hydrogen) atoms. The van der Waals surface area contributed by atoms with Gasteiger partial charge < -0.3 is 11.1 Å². The van der Waals surface area contributed by atoms with Gasteiger partial charge in [0.15, 0.2) is 0 Å². The molecule has 0 fully saturated rings. The van der Waals surface area contributed by atoms with Crippen LogP contribution < -0.4 is 11.1 Å². The Morgan fingerprint density at radius 2 is 2.11 bits per heavy atom. The molecule has 0 aliphatic rings. The number of benzene rings is 1. The second-order valence-electron chi connectivity index (χ2n) is 4.92. The van der Waals surface area contributed by atoms with Crippen molar-refractivity contribution in [3.8, 4) is 0 Å². The van der Waals surface area contributed by atoms with Crippen LogP contribution in [0.15, 0.2) is 23.1 Å². The fourth-order valence-electron chi connectivity index (χ4n) is 1.47. The minimum Gasteiger partial charge on any atom is -0.398 e. The molecule has 1 amide bonds. The van der Waals surface area contributed by atoms with Gasteiger partial charge in [-0.2, -0.15) is 0 Å². The molecule has 0 aliphatic carbocycles. The molecule has 106 valence electrons. The number of anilines is 1. The highest BCUT2D eigenvalue weighted by molar-refractivity contribution is 8.00. The van der Waals surface area contributed by atoms with Crippen molar-refractivity contribution >= 4 is 35.0 Å². The number of nitrogens with one attached hydrogen (secondary N) is 1. The number of amides is 1. The lowest BCUT2D eigenvalue weighted by molar-refractivity contribution is -0.120. The van der Waals surface area contributed by atoms with Gasteiger partial charge in [-0.25, -0.2) is 0 Å². The lowest BCUT2D eigenvalue weighted by Crippen LogP contribution is -2.32. The summed E-state index contributed by atoms with van der Waals surface area (Å²) in [6.07, 6.45) is 0.997. The number of carbonyl (C=O) groups excluding carboxylic acids is 1. The number of thioether (sulfide) groups is 1. The highest BCUT2D eigenvalue weighted by Crippen LogP contribution is 2.29. The summed E-state index contributed by atoms with van der Waals surface area (Å²) >= 11 is 7.44. The Kier molecular flexibility index (Phi) is 6.52. The van der Waals surface area contributed by atoms with Gasteiger partial charge in [-0.1, -0.05) is 25.4 Å². The van der Waals surface area contributed by atoms with Gasteiger partial charge in [-0.05, 0) is 37.5 Å². The van der Waals surface area contributed by atoms with Crippen molar-refractivity contribution in [1.82, 2.24) is 5.32 Å². The van der Waals surface area contributed by atoms with Crippen molar-refractivity contribution in [2.45, 2.75) is 37.3 Å². The summed E-state index contributed by atoms with van der Waals surface area (Å²) in [6.45, 7) is 6.89. The van der Waals surface area contributed by atoms with Crippen LogP contribution in [0.25, 0.3) is 0 Å². The third kappa shape index (κ3) is 5.74. The molecule has 0 aliphatic heterocycles. The maximum absolute atomic E-state index is 11.9. The lowest BCUT2D eigenvalue weighted by atomic mass is 10.1. The molecule has 0 bridgehead atoms. The molecule has 0 heterocycles. The van der Waals surface area contributed by atoms with Gasteiger partial charge in [-0.3, -0.25) is 4.79 Å². The van der Waals surface area contributed by atoms with Crippen molar-refractivity contribution in [2.24, 2.45) is 5.92 Å². The van der Waals surface area contributed by atoms with E-state index in [0.29, 0.717) is 16.6 Å². The predicted molar refractivity (Wildman–Crippen MR) is 83.6 cm³/mol. The summed E-state index contributed by atoms with van der Waals surface area (Å²) in [5.74, 6) is 0.651. The first-order valence-electron chi connectivity index (χ1n) is 6.39. The molecule has 3 nitrogen and oxygen atoms in total. The second kappa shape index (κ2) is 7.65. The first kappa shape index (κ1) is 16.2. The molecule has 0 aromatic heterocycles.